The van der Waals surface area contributed by atoms with Crippen LogP contribution in [0.5, 0.6) is 0 Å². The van der Waals surface area contributed by atoms with Gasteiger partial charge in [0.15, 0.2) is 5.69 Å². The summed E-state index contributed by atoms with van der Waals surface area (Å²) in [6.45, 7) is 3.67. The molecule has 2 aromatic carbocycles. The van der Waals surface area contributed by atoms with Gasteiger partial charge in [0.25, 0.3) is 11.7 Å². The third-order valence-electron chi connectivity index (χ3n) is 4.58. The minimum atomic E-state index is -4.73. The van der Waals surface area contributed by atoms with E-state index in [1.54, 1.807) is 43.3 Å². The molecule has 158 valence electrons. The molecule has 0 aliphatic carbocycles. The van der Waals surface area contributed by atoms with Crippen molar-refractivity contribution >= 4 is 29.0 Å². The van der Waals surface area contributed by atoms with E-state index in [4.69, 9.17) is 11.6 Å². The van der Waals surface area contributed by atoms with Crippen molar-refractivity contribution in [1.82, 2.24) is 19.6 Å². The summed E-state index contributed by atoms with van der Waals surface area (Å²) in [6, 6.07) is 12.6. The SMILES string of the molecule is Cc1ccc(-c2cc(C(F)(F)F)n3nc(C(=O)Nc4ccc(C)c(Cl)c4)nc3n2)cc1. The summed E-state index contributed by atoms with van der Waals surface area (Å²) in [5, 5.41) is 6.70. The van der Waals surface area contributed by atoms with E-state index in [1.165, 1.54) is 6.07 Å². The van der Waals surface area contributed by atoms with Crippen LogP contribution in [0.25, 0.3) is 17.0 Å². The number of nitrogens with one attached hydrogen (secondary N) is 1. The Kier molecular flexibility index (Phi) is 5.14. The summed E-state index contributed by atoms with van der Waals surface area (Å²) < 4.78 is 41.6. The molecule has 4 rings (SSSR count). The highest BCUT2D eigenvalue weighted by Crippen LogP contribution is 2.32. The highest BCUT2D eigenvalue weighted by atomic mass is 35.5. The van der Waals surface area contributed by atoms with Gasteiger partial charge in [0, 0.05) is 16.3 Å². The predicted octanol–water partition coefficient (Wildman–Crippen LogP) is 5.33. The molecule has 0 aliphatic rings. The fourth-order valence-corrected chi connectivity index (χ4v) is 3.08. The van der Waals surface area contributed by atoms with Crippen LogP contribution in [0, 0.1) is 13.8 Å². The second-order valence-electron chi connectivity index (χ2n) is 6.96. The Morgan fingerprint density at radius 1 is 1.03 bits per heavy atom. The zero-order valence-corrected chi connectivity index (χ0v) is 17.1. The molecular formula is C21H15ClF3N5O. The van der Waals surface area contributed by atoms with Gasteiger partial charge in [-0.15, -0.1) is 5.10 Å². The van der Waals surface area contributed by atoms with Crippen molar-refractivity contribution in [3.05, 3.63) is 76.2 Å². The molecule has 0 aliphatic heterocycles. The molecule has 0 unspecified atom stereocenters. The molecule has 1 N–H and O–H groups in total. The maximum Gasteiger partial charge on any atom is 0.433 e. The number of alkyl halides is 3. The Morgan fingerprint density at radius 2 is 1.74 bits per heavy atom. The van der Waals surface area contributed by atoms with Crippen molar-refractivity contribution in [2.75, 3.05) is 5.32 Å². The van der Waals surface area contributed by atoms with Crippen LogP contribution in [0.1, 0.15) is 27.4 Å². The molecule has 0 atom stereocenters. The number of hydrogen-bond acceptors (Lipinski definition) is 4. The van der Waals surface area contributed by atoms with Gasteiger partial charge in [-0.2, -0.15) is 22.7 Å². The van der Waals surface area contributed by atoms with Crippen LogP contribution >= 0.6 is 11.6 Å². The predicted molar refractivity (Wildman–Crippen MR) is 110 cm³/mol. The Bertz CT molecular complexity index is 1300. The first kappa shape index (κ1) is 20.8. The first-order chi connectivity index (χ1) is 14.6. The lowest BCUT2D eigenvalue weighted by molar-refractivity contribution is -0.142. The molecule has 6 nitrogen and oxygen atoms in total. The average molecular weight is 446 g/mol. The van der Waals surface area contributed by atoms with Gasteiger partial charge in [-0.05, 0) is 37.6 Å². The van der Waals surface area contributed by atoms with Gasteiger partial charge in [0.05, 0.1) is 5.69 Å². The van der Waals surface area contributed by atoms with Crippen LogP contribution in [0.3, 0.4) is 0 Å². The van der Waals surface area contributed by atoms with E-state index in [-0.39, 0.29) is 11.5 Å². The fourth-order valence-electron chi connectivity index (χ4n) is 2.90. The van der Waals surface area contributed by atoms with Crippen molar-refractivity contribution in [2.24, 2.45) is 0 Å². The van der Waals surface area contributed by atoms with E-state index in [0.717, 1.165) is 17.2 Å². The summed E-state index contributed by atoms with van der Waals surface area (Å²) in [4.78, 5) is 20.6. The van der Waals surface area contributed by atoms with Gasteiger partial charge < -0.3 is 5.32 Å². The number of amides is 1. The van der Waals surface area contributed by atoms with E-state index in [9.17, 15) is 18.0 Å². The third-order valence-corrected chi connectivity index (χ3v) is 4.99. The van der Waals surface area contributed by atoms with Crippen LogP contribution in [0.15, 0.2) is 48.5 Å². The smallest absolute Gasteiger partial charge is 0.319 e. The topological polar surface area (TPSA) is 72.2 Å². The quantitative estimate of drug-likeness (QED) is 0.462. The molecule has 31 heavy (non-hydrogen) atoms. The molecule has 0 fully saturated rings. The molecule has 2 aromatic heterocycles. The van der Waals surface area contributed by atoms with E-state index in [2.05, 4.69) is 20.4 Å². The monoisotopic (exact) mass is 445 g/mol. The number of nitrogens with zero attached hydrogens (tertiary/aromatic N) is 4. The molecule has 10 heteroatoms. The number of carbonyl (C=O) groups excluding carboxylic acids is 1. The van der Waals surface area contributed by atoms with Gasteiger partial charge in [-0.1, -0.05) is 47.5 Å². The molecule has 0 saturated carbocycles. The summed E-state index contributed by atoms with van der Waals surface area (Å²) in [7, 11) is 0. The second kappa shape index (κ2) is 7.66. The minimum Gasteiger partial charge on any atom is -0.319 e. The number of aryl methyl sites for hydroxylation is 2. The van der Waals surface area contributed by atoms with Crippen LogP contribution in [-0.2, 0) is 6.18 Å². The summed E-state index contributed by atoms with van der Waals surface area (Å²) in [5.41, 5.74) is 1.61. The van der Waals surface area contributed by atoms with Gasteiger partial charge in [-0.3, -0.25) is 4.79 Å². The van der Waals surface area contributed by atoms with Crippen molar-refractivity contribution < 1.29 is 18.0 Å². The number of benzene rings is 2. The summed E-state index contributed by atoms with van der Waals surface area (Å²) >= 11 is 6.04. The van der Waals surface area contributed by atoms with Crippen LogP contribution < -0.4 is 5.32 Å². The fraction of sp³-hybridized carbons (Fsp3) is 0.143. The van der Waals surface area contributed by atoms with E-state index in [1.807, 2.05) is 6.92 Å². The Hall–Kier alpha value is -3.46. The first-order valence-corrected chi connectivity index (χ1v) is 9.49. The number of aromatic nitrogens is 4. The molecule has 0 radical (unpaired) electrons. The number of hydrogen-bond donors (Lipinski definition) is 1. The summed E-state index contributed by atoms with van der Waals surface area (Å²) in [6.07, 6.45) is -4.73. The lowest BCUT2D eigenvalue weighted by Gasteiger charge is -2.10. The molecule has 0 bridgehead atoms. The van der Waals surface area contributed by atoms with Crippen LogP contribution in [-0.4, -0.2) is 25.5 Å². The lowest BCUT2D eigenvalue weighted by atomic mass is 10.1. The normalized spacial score (nSPS) is 11.7. The molecule has 1 amide bonds. The van der Waals surface area contributed by atoms with E-state index < -0.39 is 23.6 Å². The van der Waals surface area contributed by atoms with Crippen molar-refractivity contribution in [3.63, 3.8) is 0 Å². The van der Waals surface area contributed by atoms with E-state index in [0.29, 0.717) is 20.8 Å². The van der Waals surface area contributed by atoms with Gasteiger partial charge in [0.2, 0.25) is 5.82 Å². The minimum absolute atomic E-state index is 0.0736. The highest BCUT2D eigenvalue weighted by molar-refractivity contribution is 6.31. The van der Waals surface area contributed by atoms with E-state index >= 15 is 0 Å². The summed E-state index contributed by atoms with van der Waals surface area (Å²) in [5.74, 6) is -1.57. The maximum atomic E-state index is 13.7. The zero-order chi connectivity index (χ0) is 22.3. The highest BCUT2D eigenvalue weighted by Gasteiger charge is 2.36. The molecule has 2 heterocycles. The van der Waals surface area contributed by atoms with Gasteiger partial charge >= 0.3 is 6.18 Å². The third kappa shape index (κ3) is 4.22. The maximum absolute atomic E-state index is 13.7. The van der Waals surface area contributed by atoms with Gasteiger partial charge in [0.1, 0.15) is 0 Å². The molecule has 4 aromatic rings. The zero-order valence-electron chi connectivity index (χ0n) is 16.3. The number of carbonyl (C=O) groups is 1. The Morgan fingerprint density at radius 3 is 2.39 bits per heavy atom. The van der Waals surface area contributed by atoms with Crippen LogP contribution in [0.4, 0.5) is 18.9 Å². The molecule has 0 saturated heterocycles. The number of halogens is 4. The number of rotatable bonds is 3. The Balaban J connectivity index is 1.77. The van der Waals surface area contributed by atoms with Crippen molar-refractivity contribution in [1.29, 1.82) is 0 Å². The van der Waals surface area contributed by atoms with Gasteiger partial charge in [-0.25, -0.2) is 4.98 Å². The largest absolute Gasteiger partial charge is 0.433 e. The van der Waals surface area contributed by atoms with Crippen molar-refractivity contribution in [2.45, 2.75) is 20.0 Å². The molecule has 0 spiro atoms. The number of anilines is 1. The molecular weight excluding hydrogens is 431 g/mol. The lowest BCUT2D eigenvalue weighted by Crippen LogP contribution is -2.16. The first-order valence-electron chi connectivity index (χ1n) is 9.11. The Labute approximate surface area is 179 Å². The second-order valence-corrected chi connectivity index (χ2v) is 7.36. The average Bonchev–Trinajstić information content (AvgIpc) is 3.14. The van der Waals surface area contributed by atoms with Crippen molar-refractivity contribution in [3.8, 4) is 11.3 Å². The van der Waals surface area contributed by atoms with Crippen LogP contribution in [0.2, 0.25) is 5.02 Å². The number of fused-ring (bicyclic) bond motifs is 1. The standard InChI is InChI=1S/C21H15ClF3N5O/c1-11-3-6-13(7-4-11)16-10-17(21(23,24)25)30-20(27-16)28-18(29-30)19(31)26-14-8-5-12(2)15(22)9-14/h3-10H,1-2H3,(H,26,31).